The first-order chi connectivity index (χ1) is 21.3. The van der Waals surface area contributed by atoms with Crippen molar-refractivity contribution in [2.24, 2.45) is 7.05 Å². The Morgan fingerprint density at radius 3 is 1.41 bits per heavy atom. The van der Waals surface area contributed by atoms with E-state index in [1.54, 1.807) is 0 Å². The van der Waals surface area contributed by atoms with Gasteiger partial charge in [-0.3, -0.25) is 0 Å². The minimum atomic E-state index is 0.188. The van der Waals surface area contributed by atoms with Crippen molar-refractivity contribution in [1.29, 1.82) is 0 Å². The smallest absolute Gasteiger partial charge is 0.201 e. The second-order valence-electron chi connectivity index (χ2n) is 12.7. The Bertz CT molecular complexity index is 1970. The molecule has 0 amide bonds. The topological polar surface area (TPSA) is 3.88 Å². The number of aryl methyl sites for hydroxylation is 6. The first-order valence-electron chi connectivity index (χ1n) is 15.7. The third-order valence-electron chi connectivity index (χ3n) is 9.85. The highest BCUT2D eigenvalue weighted by Crippen LogP contribution is 2.27. The van der Waals surface area contributed by atoms with Crippen molar-refractivity contribution in [2.75, 3.05) is 0 Å². The summed E-state index contributed by atoms with van der Waals surface area (Å²) < 4.78 is 2.22. The Morgan fingerprint density at radius 2 is 0.886 bits per heavy atom. The van der Waals surface area contributed by atoms with Gasteiger partial charge >= 0.3 is 0 Å². The summed E-state index contributed by atoms with van der Waals surface area (Å²) in [6.07, 6.45) is 2.19. The zero-order valence-electron chi connectivity index (χ0n) is 26.6. The van der Waals surface area contributed by atoms with Crippen LogP contribution in [-0.2, 0) is 7.05 Å². The number of pyridine rings is 1. The molecule has 6 aromatic rings. The summed E-state index contributed by atoms with van der Waals surface area (Å²) in [5.74, 6) is 0. The SMILES string of the molecule is Cc1ccccc1-c1cc(-c2cc(C)c(B3c4ccccc4B(c4c(C)cccc4C)c4ccccc43)c(C)c2)cc[n+]1C. The molecule has 0 unspecified atom stereocenters. The quantitative estimate of drug-likeness (QED) is 0.214. The zero-order valence-corrected chi connectivity index (χ0v) is 26.6. The lowest BCUT2D eigenvalue weighted by atomic mass is 9.20. The van der Waals surface area contributed by atoms with Gasteiger partial charge in [0.2, 0.25) is 19.1 Å². The molecular formula is C41H38B2N+. The third-order valence-corrected chi connectivity index (χ3v) is 9.85. The molecule has 1 nitrogen and oxygen atoms in total. The molecule has 0 radical (unpaired) electrons. The van der Waals surface area contributed by atoms with Crippen LogP contribution < -0.4 is 37.3 Å². The molecule has 0 saturated heterocycles. The summed E-state index contributed by atoms with van der Waals surface area (Å²) in [6.45, 7) is 11.7. The molecule has 1 aliphatic rings. The molecular weight excluding hydrogens is 528 g/mol. The van der Waals surface area contributed by atoms with Gasteiger partial charge in [-0.15, -0.1) is 0 Å². The van der Waals surface area contributed by atoms with Crippen LogP contribution in [0.15, 0.2) is 121 Å². The van der Waals surface area contributed by atoms with E-state index in [4.69, 9.17) is 0 Å². The highest BCUT2D eigenvalue weighted by Gasteiger charge is 2.40. The van der Waals surface area contributed by atoms with Gasteiger partial charge in [0.15, 0.2) is 6.20 Å². The average Bonchev–Trinajstić information content (AvgIpc) is 3.02. The minimum Gasteiger partial charge on any atom is -0.201 e. The van der Waals surface area contributed by atoms with E-state index in [1.165, 1.54) is 83.0 Å². The summed E-state index contributed by atoms with van der Waals surface area (Å²) in [6, 6.07) is 43.1. The lowest BCUT2D eigenvalue weighted by Gasteiger charge is -2.34. The second kappa shape index (κ2) is 11.1. The Morgan fingerprint density at radius 1 is 0.432 bits per heavy atom. The number of fused-ring (bicyclic) bond motifs is 2. The number of hydrogen-bond donors (Lipinski definition) is 0. The molecule has 0 spiro atoms. The van der Waals surface area contributed by atoms with Gasteiger partial charge in [-0.05, 0) is 57.4 Å². The predicted molar refractivity (Wildman–Crippen MR) is 191 cm³/mol. The number of rotatable bonds is 4. The summed E-state index contributed by atoms with van der Waals surface area (Å²) >= 11 is 0. The minimum absolute atomic E-state index is 0.188. The highest BCUT2D eigenvalue weighted by atomic mass is 14.9. The molecule has 44 heavy (non-hydrogen) atoms. The second-order valence-corrected chi connectivity index (χ2v) is 12.7. The van der Waals surface area contributed by atoms with Crippen molar-refractivity contribution in [3.05, 3.63) is 149 Å². The standard InChI is InChI=1S/C41H38B2N/c1-27-14-7-8-17-34(27)39-26-32(22-23-44(39)6)33-24-30(4)41(31(5)25-33)43-37-20-11-9-18-35(37)42(36-19-10-12-21-38(36)43)40-28(2)15-13-16-29(40)3/h7-26H,1-6H3/q+1. The third kappa shape index (κ3) is 4.63. The van der Waals surface area contributed by atoms with E-state index >= 15 is 0 Å². The molecule has 5 aromatic carbocycles. The number of nitrogens with zero attached hydrogens (tertiary/aromatic N) is 1. The fourth-order valence-corrected chi connectivity index (χ4v) is 7.79. The van der Waals surface area contributed by atoms with Crippen LogP contribution in [0.1, 0.15) is 27.8 Å². The molecule has 0 saturated carbocycles. The van der Waals surface area contributed by atoms with E-state index in [2.05, 4.69) is 168 Å². The molecule has 1 aliphatic heterocycles. The molecule has 0 N–H and O–H groups in total. The van der Waals surface area contributed by atoms with Crippen molar-refractivity contribution >= 4 is 46.2 Å². The van der Waals surface area contributed by atoms with E-state index < -0.39 is 0 Å². The van der Waals surface area contributed by atoms with Gasteiger partial charge in [0, 0.05) is 17.7 Å². The summed E-state index contributed by atoms with van der Waals surface area (Å²) in [7, 11) is 2.13. The Balaban J connectivity index is 1.39. The Hall–Kier alpha value is -4.62. The predicted octanol–water partition coefficient (Wildman–Crippen LogP) is 4.73. The van der Waals surface area contributed by atoms with Crippen molar-refractivity contribution in [3.63, 3.8) is 0 Å². The molecule has 0 aliphatic carbocycles. The molecule has 7 rings (SSSR count). The van der Waals surface area contributed by atoms with Crippen LogP contribution >= 0.6 is 0 Å². The van der Waals surface area contributed by atoms with Crippen molar-refractivity contribution in [1.82, 2.24) is 0 Å². The average molecular weight is 566 g/mol. The number of benzene rings is 5. The van der Waals surface area contributed by atoms with E-state index in [-0.39, 0.29) is 13.4 Å². The van der Waals surface area contributed by atoms with E-state index in [9.17, 15) is 0 Å². The van der Waals surface area contributed by atoms with Crippen LogP contribution in [0, 0.1) is 34.6 Å². The highest BCUT2D eigenvalue weighted by molar-refractivity contribution is 7.11. The molecule has 2 heterocycles. The molecule has 1 aromatic heterocycles. The van der Waals surface area contributed by atoms with Crippen LogP contribution in [-0.4, -0.2) is 13.4 Å². The molecule has 0 bridgehead atoms. The zero-order chi connectivity index (χ0) is 30.5. The van der Waals surface area contributed by atoms with Crippen LogP contribution in [0.2, 0.25) is 0 Å². The number of hydrogen-bond acceptors (Lipinski definition) is 0. The van der Waals surface area contributed by atoms with Gasteiger partial charge in [-0.1, -0.05) is 152 Å². The van der Waals surface area contributed by atoms with Gasteiger partial charge in [0.05, 0.1) is 0 Å². The largest absolute Gasteiger partial charge is 0.240 e. The van der Waals surface area contributed by atoms with E-state index in [1.807, 2.05) is 0 Å². The van der Waals surface area contributed by atoms with Gasteiger partial charge in [0.1, 0.15) is 7.05 Å². The maximum absolute atomic E-state index is 2.40. The van der Waals surface area contributed by atoms with Gasteiger partial charge < -0.3 is 0 Å². The van der Waals surface area contributed by atoms with Crippen LogP contribution in [0.4, 0.5) is 0 Å². The van der Waals surface area contributed by atoms with Gasteiger partial charge in [-0.25, -0.2) is 4.57 Å². The summed E-state index contributed by atoms with van der Waals surface area (Å²) in [4.78, 5) is 0. The fourth-order valence-electron chi connectivity index (χ4n) is 7.79. The van der Waals surface area contributed by atoms with Crippen LogP contribution in [0.25, 0.3) is 22.4 Å². The maximum Gasteiger partial charge on any atom is 0.240 e. The normalized spacial score (nSPS) is 12.2. The lowest BCUT2D eigenvalue weighted by molar-refractivity contribution is -0.660. The van der Waals surface area contributed by atoms with Crippen molar-refractivity contribution in [3.8, 4) is 22.4 Å². The Labute approximate surface area is 263 Å². The first kappa shape index (κ1) is 28.2. The molecule has 3 heteroatoms. The Kier molecular flexibility index (Phi) is 7.13. The molecule has 0 fully saturated rings. The van der Waals surface area contributed by atoms with E-state index in [0.717, 1.165) is 0 Å². The molecule has 212 valence electrons. The van der Waals surface area contributed by atoms with Crippen molar-refractivity contribution < 1.29 is 4.57 Å². The lowest BCUT2D eigenvalue weighted by Crippen LogP contribution is -2.75. The maximum atomic E-state index is 2.40. The summed E-state index contributed by atoms with van der Waals surface area (Å²) in [5.41, 5.74) is 20.3. The van der Waals surface area contributed by atoms with Crippen LogP contribution in [0.3, 0.4) is 0 Å². The number of aromatic nitrogens is 1. The van der Waals surface area contributed by atoms with Gasteiger partial charge in [0.25, 0.3) is 0 Å². The first-order valence-corrected chi connectivity index (χ1v) is 15.7. The summed E-state index contributed by atoms with van der Waals surface area (Å²) in [5, 5.41) is 0. The van der Waals surface area contributed by atoms with Crippen molar-refractivity contribution in [2.45, 2.75) is 34.6 Å². The fraction of sp³-hybridized carbons (Fsp3) is 0.146. The monoisotopic (exact) mass is 566 g/mol. The van der Waals surface area contributed by atoms with Crippen LogP contribution in [0.5, 0.6) is 0 Å². The van der Waals surface area contributed by atoms with E-state index in [0.29, 0.717) is 0 Å². The van der Waals surface area contributed by atoms with Gasteiger partial charge in [-0.2, -0.15) is 0 Å². The molecule has 0 atom stereocenters.